The van der Waals surface area contributed by atoms with Crippen LogP contribution in [0.15, 0.2) is 67.0 Å². The lowest BCUT2D eigenvalue weighted by Crippen LogP contribution is -2.48. The summed E-state index contributed by atoms with van der Waals surface area (Å²) >= 11 is 0. The highest BCUT2D eigenvalue weighted by Crippen LogP contribution is 2.28. The Balaban J connectivity index is 1.85. The number of hydrogen-bond donors (Lipinski definition) is 4. The van der Waals surface area contributed by atoms with Gasteiger partial charge in [0.05, 0.1) is 24.3 Å². The molecule has 3 rings (SSSR count). The number of nitrogens with one attached hydrogen (secondary N) is 3. The molecule has 3 aromatic rings. The maximum atomic E-state index is 13.2. The number of amides is 1. The van der Waals surface area contributed by atoms with Crippen molar-refractivity contribution < 1.29 is 22.7 Å². The minimum absolute atomic E-state index is 0.144. The number of nitrogens with two attached hydrogens (primary N) is 1. The highest BCUT2D eigenvalue weighted by molar-refractivity contribution is 5.98. The molecule has 0 fully saturated rings. The lowest BCUT2D eigenvalue weighted by molar-refractivity contribution is -0.137. The van der Waals surface area contributed by atoms with Crippen LogP contribution in [0.25, 0.3) is 0 Å². The molecule has 0 saturated heterocycles. The average Bonchev–Trinajstić information content (AvgIpc) is 2.78. The fourth-order valence-corrected chi connectivity index (χ4v) is 2.87. The standard InChI is InChI=1S/C22H21F3N6O2/c23-22(24,25)16-7-9-19(27)31(11-16)20(28)17(13-33-12-14-4-2-1-3-5-14)30-21(32)15-6-8-18(26)29-10-15/h1-11,17,27-28H,12-13H2,(H2,26,29)(H,30,32)/t17-/m1/s1. The molecule has 1 atom stereocenters. The van der Waals surface area contributed by atoms with Crippen LogP contribution in [0.3, 0.4) is 0 Å². The molecule has 0 aliphatic heterocycles. The molecule has 0 unspecified atom stereocenters. The summed E-state index contributed by atoms with van der Waals surface area (Å²) in [6.45, 7) is -0.0601. The van der Waals surface area contributed by atoms with Crippen molar-refractivity contribution in [3.05, 3.63) is 89.2 Å². The van der Waals surface area contributed by atoms with Gasteiger partial charge in [-0.15, -0.1) is 0 Å². The van der Waals surface area contributed by atoms with Crippen molar-refractivity contribution in [2.75, 3.05) is 12.3 Å². The van der Waals surface area contributed by atoms with Gasteiger partial charge in [0.25, 0.3) is 5.91 Å². The van der Waals surface area contributed by atoms with E-state index in [2.05, 4.69) is 10.3 Å². The number of nitrogen functional groups attached to an aromatic ring is 1. The van der Waals surface area contributed by atoms with Gasteiger partial charge in [-0.25, -0.2) is 4.98 Å². The molecule has 0 aliphatic rings. The quantitative estimate of drug-likeness (QED) is 0.320. The first-order chi connectivity index (χ1) is 15.6. The van der Waals surface area contributed by atoms with Gasteiger partial charge in [0, 0.05) is 12.4 Å². The minimum Gasteiger partial charge on any atom is -0.384 e. The third kappa shape index (κ3) is 6.26. The zero-order valence-corrected chi connectivity index (χ0v) is 17.3. The Hall–Kier alpha value is -3.99. The smallest absolute Gasteiger partial charge is 0.384 e. The first-order valence-electron chi connectivity index (χ1n) is 9.72. The first-order valence-corrected chi connectivity index (χ1v) is 9.72. The van der Waals surface area contributed by atoms with E-state index in [1.807, 2.05) is 30.3 Å². The number of nitrogens with zero attached hydrogens (tertiary/aromatic N) is 2. The molecule has 1 amide bonds. The molecule has 11 heteroatoms. The van der Waals surface area contributed by atoms with Crippen molar-refractivity contribution in [2.24, 2.45) is 0 Å². The van der Waals surface area contributed by atoms with Crippen LogP contribution < -0.4 is 16.5 Å². The Kier molecular flexibility index (Phi) is 7.23. The van der Waals surface area contributed by atoms with Crippen LogP contribution in [0.2, 0.25) is 0 Å². The summed E-state index contributed by atoms with van der Waals surface area (Å²) in [6.07, 6.45) is -2.77. The van der Waals surface area contributed by atoms with Gasteiger partial charge in [-0.3, -0.25) is 20.2 Å². The molecule has 2 aromatic heterocycles. The monoisotopic (exact) mass is 458 g/mol. The Labute approximate surface area is 186 Å². The van der Waals surface area contributed by atoms with Gasteiger partial charge in [-0.1, -0.05) is 30.3 Å². The number of aromatic nitrogens is 2. The van der Waals surface area contributed by atoms with Crippen molar-refractivity contribution in [1.29, 1.82) is 10.8 Å². The van der Waals surface area contributed by atoms with Crippen LogP contribution in [0, 0.1) is 10.8 Å². The van der Waals surface area contributed by atoms with Gasteiger partial charge in [-0.05, 0) is 29.8 Å². The molecule has 2 heterocycles. The van der Waals surface area contributed by atoms with Crippen molar-refractivity contribution in [1.82, 2.24) is 14.9 Å². The van der Waals surface area contributed by atoms with Crippen LogP contribution in [-0.4, -0.2) is 33.9 Å². The number of benzene rings is 1. The number of hydrogen-bond acceptors (Lipinski definition) is 6. The van der Waals surface area contributed by atoms with E-state index in [4.69, 9.17) is 21.3 Å². The number of carbonyl (C=O) groups is 1. The third-order valence-corrected chi connectivity index (χ3v) is 4.62. The van der Waals surface area contributed by atoms with Gasteiger partial charge in [0.2, 0.25) is 0 Å². The fourth-order valence-electron chi connectivity index (χ4n) is 2.87. The molecule has 0 radical (unpaired) electrons. The zero-order chi connectivity index (χ0) is 24.0. The summed E-state index contributed by atoms with van der Waals surface area (Å²) in [7, 11) is 0. The molecule has 8 nitrogen and oxygen atoms in total. The van der Waals surface area contributed by atoms with Gasteiger partial charge in [0.1, 0.15) is 23.2 Å². The number of halogens is 3. The van der Waals surface area contributed by atoms with Gasteiger partial charge in [-0.2, -0.15) is 13.2 Å². The number of anilines is 1. The van der Waals surface area contributed by atoms with Gasteiger partial charge < -0.3 is 15.8 Å². The van der Waals surface area contributed by atoms with Gasteiger partial charge >= 0.3 is 6.18 Å². The molecule has 0 aliphatic carbocycles. The van der Waals surface area contributed by atoms with Crippen molar-refractivity contribution in [3.8, 4) is 0 Å². The SMILES string of the molecule is N=C([C@@H](COCc1ccccc1)NC(=O)c1ccc(N)nc1)n1cc(C(F)(F)F)ccc1=N. The summed E-state index contributed by atoms with van der Waals surface area (Å²) in [5.74, 6) is -0.879. The number of carbonyl (C=O) groups excluding carboxylic acids is 1. The zero-order valence-electron chi connectivity index (χ0n) is 17.3. The second-order valence-corrected chi connectivity index (χ2v) is 7.05. The Morgan fingerprint density at radius 2 is 1.88 bits per heavy atom. The average molecular weight is 458 g/mol. The van der Waals surface area contributed by atoms with Crippen LogP contribution in [-0.2, 0) is 17.5 Å². The van der Waals surface area contributed by atoms with Crippen LogP contribution in [0.1, 0.15) is 21.5 Å². The summed E-state index contributed by atoms with van der Waals surface area (Å²) in [4.78, 5) is 16.5. The maximum Gasteiger partial charge on any atom is 0.417 e. The van der Waals surface area contributed by atoms with Crippen molar-refractivity contribution >= 4 is 17.6 Å². The van der Waals surface area contributed by atoms with Crippen LogP contribution >= 0.6 is 0 Å². The summed E-state index contributed by atoms with van der Waals surface area (Å²) in [5.41, 5.74) is 5.12. The summed E-state index contributed by atoms with van der Waals surface area (Å²) in [5, 5.41) is 19.0. The molecular formula is C22H21F3N6O2. The van der Waals surface area contributed by atoms with E-state index >= 15 is 0 Å². The van der Waals surface area contributed by atoms with Crippen molar-refractivity contribution in [2.45, 2.75) is 18.8 Å². The number of rotatable bonds is 7. The summed E-state index contributed by atoms with van der Waals surface area (Å²) in [6, 6.07) is 12.5. The van der Waals surface area contributed by atoms with Crippen LogP contribution in [0.4, 0.5) is 19.0 Å². The molecule has 0 bridgehead atoms. The summed E-state index contributed by atoms with van der Waals surface area (Å²) < 4.78 is 45.9. The first kappa shape index (κ1) is 23.7. The largest absolute Gasteiger partial charge is 0.417 e. The number of ether oxygens (including phenoxy) is 1. The Morgan fingerprint density at radius 3 is 2.52 bits per heavy atom. The minimum atomic E-state index is -4.66. The Morgan fingerprint density at radius 1 is 1.15 bits per heavy atom. The van der Waals surface area contributed by atoms with E-state index < -0.39 is 29.5 Å². The predicted molar refractivity (Wildman–Crippen MR) is 114 cm³/mol. The molecular weight excluding hydrogens is 437 g/mol. The predicted octanol–water partition coefficient (Wildman–Crippen LogP) is 2.80. The molecule has 5 N–H and O–H groups in total. The normalized spacial score (nSPS) is 12.2. The highest BCUT2D eigenvalue weighted by atomic mass is 19.4. The molecule has 172 valence electrons. The van der Waals surface area contributed by atoms with E-state index in [-0.39, 0.29) is 30.1 Å². The number of pyridine rings is 2. The lowest BCUT2D eigenvalue weighted by atomic mass is 10.2. The van der Waals surface area contributed by atoms with Gasteiger partial charge in [0.15, 0.2) is 0 Å². The number of alkyl halides is 3. The second kappa shape index (κ2) is 10.1. The Bertz CT molecular complexity index is 1180. The third-order valence-electron chi connectivity index (χ3n) is 4.62. The molecule has 33 heavy (non-hydrogen) atoms. The fraction of sp³-hybridized carbons (Fsp3) is 0.182. The van der Waals surface area contributed by atoms with E-state index in [0.29, 0.717) is 6.20 Å². The highest BCUT2D eigenvalue weighted by Gasteiger charge is 2.32. The van der Waals surface area contributed by atoms with E-state index in [0.717, 1.165) is 22.3 Å². The second-order valence-electron chi connectivity index (χ2n) is 7.05. The van der Waals surface area contributed by atoms with E-state index in [1.165, 1.54) is 18.3 Å². The van der Waals surface area contributed by atoms with E-state index in [1.54, 1.807) is 0 Å². The maximum absolute atomic E-state index is 13.2. The van der Waals surface area contributed by atoms with E-state index in [9.17, 15) is 18.0 Å². The molecule has 1 aromatic carbocycles. The van der Waals surface area contributed by atoms with Crippen molar-refractivity contribution in [3.63, 3.8) is 0 Å². The van der Waals surface area contributed by atoms with Crippen LogP contribution in [0.5, 0.6) is 0 Å². The molecule has 0 saturated carbocycles. The topological polar surface area (TPSA) is 130 Å². The lowest BCUT2D eigenvalue weighted by Gasteiger charge is -2.22. The molecule has 0 spiro atoms.